The molecule has 0 N–H and O–H groups in total. The molecule has 0 spiro atoms. The van der Waals surface area contributed by atoms with Gasteiger partial charge >= 0.3 is 8.56 Å². The van der Waals surface area contributed by atoms with Crippen molar-refractivity contribution in [3.63, 3.8) is 0 Å². The van der Waals surface area contributed by atoms with Gasteiger partial charge in [-0.25, -0.2) is 0 Å². The van der Waals surface area contributed by atoms with Gasteiger partial charge in [-0.2, -0.15) is 0 Å². The predicted octanol–water partition coefficient (Wildman–Crippen LogP) is 2.17. The predicted molar refractivity (Wildman–Crippen MR) is 56.1 cm³/mol. The second-order valence-electron chi connectivity index (χ2n) is 3.38. The van der Waals surface area contributed by atoms with Gasteiger partial charge in [0.1, 0.15) is 0 Å². The molecule has 0 saturated carbocycles. The number of hydrogen-bond acceptors (Lipinski definition) is 3. The van der Waals surface area contributed by atoms with E-state index in [1.807, 2.05) is 6.55 Å². The second-order valence-corrected chi connectivity index (χ2v) is 6.97. The van der Waals surface area contributed by atoms with Crippen LogP contribution in [0.15, 0.2) is 0 Å². The largest absolute Gasteiger partial charge is 0.398 e. The maximum absolute atomic E-state index is 5.57. The van der Waals surface area contributed by atoms with E-state index < -0.39 is 8.56 Å². The first kappa shape index (κ1) is 13.1. The average molecular weight is 206 g/mol. The van der Waals surface area contributed by atoms with Crippen molar-refractivity contribution in [1.29, 1.82) is 0 Å². The van der Waals surface area contributed by atoms with Crippen LogP contribution >= 0.6 is 0 Å². The summed E-state index contributed by atoms with van der Waals surface area (Å²) in [5.74, 6) is 0. The van der Waals surface area contributed by atoms with E-state index in [9.17, 15) is 0 Å². The standard InChI is InChI=1S/C9H22O3Si/c1-6-9(2)12-7-8-13(5,10-3)11-4/h9H,6-8H2,1-5H3. The minimum absolute atomic E-state index is 0.340. The van der Waals surface area contributed by atoms with Crippen molar-refractivity contribution in [1.82, 2.24) is 0 Å². The maximum Gasteiger partial charge on any atom is 0.336 e. The van der Waals surface area contributed by atoms with Crippen molar-refractivity contribution in [3.8, 4) is 0 Å². The van der Waals surface area contributed by atoms with Crippen LogP contribution in [0.3, 0.4) is 0 Å². The Balaban J connectivity index is 3.61. The molecule has 0 aliphatic rings. The lowest BCUT2D eigenvalue weighted by Gasteiger charge is -2.23. The molecule has 1 atom stereocenters. The fraction of sp³-hybridized carbons (Fsp3) is 1.00. The van der Waals surface area contributed by atoms with E-state index in [1.165, 1.54) is 0 Å². The molecule has 80 valence electrons. The van der Waals surface area contributed by atoms with Crippen molar-refractivity contribution in [3.05, 3.63) is 0 Å². The van der Waals surface area contributed by atoms with Crippen LogP contribution < -0.4 is 0 Å². The Kier molecular flexibility index (Phi) is 6.58. The molecule has 0 aromatic rings. The quantitative estimate of drug-likeness (QED) is 0.597. The van der Waals surface area contributed by atoms with Gasteiger partial charge in [-0.1, -0.05) is 6.92 Å². The molecule has 1 unspecified atom stereocenters. The molecule has 0 saturated heterocycles. The molecular weight excluding hydrogens is 184 g/mol. The van der Waals surface area contributed by atoms with Gasteiger partial charge in [0, 0.05) is 26.9 Å². The maximum atomic E-state index is 5.57. The van der Waals surface area contributed by atoms with Crippen LogP contribution in [0.25, 0.3) is 0 Å². The van der Waals surface area contributed by atoms with Gasteiger partial charge in [0.05, 0.1) is 6.10 Å². The van der Waals surface area contributed by atoms with Crippen molar-refractivity contribution in [2.24, 2.45) is 0 Å². The summed E-state index contributed by atoms with van der Waals surface area (Å²) in [5.41, 5.74) is 0. The summed E-state index contributed by atoms with van der Waals surface area (Å²) in [6.45, 7) is 6.98. The van der Waals surface area contributed by atoms with Gasteiger partial charge in [0.2, 0.25) is 0 Å². The molecule has 3 nitrogen and oxygen atoms in total. The second kappa shape index (κ2) is 6.54. The minimum atomic E-state index is -1.90. The highest BCUT2D eigenvalue weighted by atomic mass is 28.4. The number of hydrogen-bond donors (Lipinski definition) is 0. The summed E-state index contributed by atoms with van der Waals surface area (Å²) in [4.78, 5) is 0. The van der Waals surface area contributed by atoms with E-state index in [4.69, 9.17) is 13.6 Å². The number of rotatable bonds is 7. The van der Waals surface area contributed by atoms with Crippen molar-refractivity contribution >= 4 is 8.56 Å². The summed E-state index contributed by atoms with van der Waals surface area (Å²) < 4.78 is 16.2. The Bertz CT molecular complexity index is 126. The third kappa shape index (κ3) is 5.41. The lowest BCUT2D eigenvalue weighted by atomic mass is 10.3. The molecule has 0 radical (unpaired) electrons. The van der Waals surface area contributed by atoms with E-state index in [2.05, 4.69) is 13.8 Å². The minimum Gasteiger partial charge on any atom is -0.398 e. The van der Waals surface area contributed by atoms with E-state index >= 15 is 0 Å². The highest BCUT2D eigenvalue weighted by Gasteiger charge is 2.28. The molecule has 0 bridgehead atoms. The van der Waals surface area contributed by atoms with E-state index in [0.29, 0.717) is 6.10 Å². The van der Waals surface area contributed by atoms with E-state index in [-0.39, 0.29) is 0 Å². The van der Waals surface area contributed by atoms with Gasteiger partial charge in [0.25, 0.3) is 0 Å². The third-order valence-electron chi connectivity index (χ3n) is 2.40. The highest BCUT2D eigenvalue weighted by molar-refractivity contribution is 6.65. The normalized spacial score (nSPS) is 14.5. The third-order valence-corrected chi connectivity index (χ3v) is 5.24. The lowest BCUT2D eigenvalue weighted by Crippen LogP contribution is -2.37. The Labute approximate surface area is 82.6 Å². The fourth-order valence-electron chi connectivity index (χ4n) is 0.851. The molecule has 0 amide bonds. The van der Waals surface area contributed by atoms with Crippen LogP contribution in [0, 0.1) is 0 Å². The molecule has 13 heavy (non-hydrogen) atoms. The Hall–Kier alpha value is 0.0969. The summed E-state index contributed by atoms with van der Waals surface area (Å²) in [6, 6.07) is 0.893. The fourth-order valence-corrected chi connectivity index (χ4v) is 1.91. The molecule has 0 rings (SSSR count). The van der Waals surface area contributed by atoms with Crippen molar-refractivity contribution < 1.29 is 13.6 Å². The van der Waals surface area contributed by atoms with Crippen LogP contribution in [0.2, 0.25) is 12.6 Å². The Morgan fingerprint density at radius 3 is 2.15 bits per heavy atom. The summed E-state index contributed by atoms with van der Waals surface area (Å²) in [6.07, 6.45) is 1.39. The summed E-state index contributed by atoms with van der Waals surface area (Å²) in [7, 11) is 1.51. The first-order valence-corrected chi connectivity index (χ1v) is 7.32. The summed E-state index contributed by atoms with van der Waals surface area (Å²) in [5, 5.41) is 0. The molecule has 0 aliphatic carbocycles. The van der Waals surface area contributed by atoms with Crippen LogP contribution in [0.4, 0.5) is 0 Å². The smallest absolute Gasteiger partial charge is 0.336 e. The van der Waals surface area contributed by atoms with Crippen molar-refractivity contribution in [2.45, 2.75) is 39.0 Å². The molecule has 0 aromatic heterocycles. The molecular formula is C9H22O3Si. The van der Waals surface area contributed by atoms with E-state index in [0.717, 1.165) is 19.1 Å². The lowest BCUT2D eigenvalue weighted by molar-refractivity contribution is 0.0683. The van der Waals surface area contributed by atoms with Crippen LogP contribution in [0.5, 0.6) is 0 Å². The van der Waals surface area contributed by atoms with Gasteiger partial charge in [-0.15, -0.1) is 0 Å². The van der Waals surface area contributed by atoms with Gasteiger partial charge in [0.15, 0.2) is 0 Å². The molecule has 0 aliphatic heterocycles. The van der Waals surface area contributed by atoms with Crippen LogP contribution in [-0.4, -0.2) is 35.5 Å². The molecule has 0 heterocycles. The topological polar surface area (TPSA) is 27.7 Å². The van der Waals surface area contributed by atoms with Gasteiger partial charge in [-0.05, 0) is 19.9 Å². The zero-order valence-electron chi connectivity index (χ0n) is 9.42. The first-order chi connectivity index (χ1) is 6.08. The highest BCUT2D eigenvalue weighted by Crippen LogP contribution is 2.11. The molecule has 0 aromatic carbocycles. The van der Waals surface area contributed by atoms with Crippen LogP contribution in [0.1, 0.15) is 20.3 Å². The van der Waals surface area contributed by atoms with E-state index in [1.54, 1.807) is 14.2 Å². The summed E-state index contributed by atoms with van der Waals surface area (Å²) >= 11 is 0. The Morgan fingerprint density at radius 2 is 1.77 bits per heavy atom. The van der Waals surface area contributed by atoms with Gasteiger partial charge < -0.3 is 13.6 Å². The monoisotopic (exact) mass is 206 g/mol. The zero-order chi connectivity index (χ0) is 10.3. The molecule has 4 heteroatoms. The number of ether oxygens (including phenoxy) is 1. The van der Waals surface area contributed by atoms with Crippen molar-refractivity contribution in [2.75, 3.05) is 20.8 Å². The Morgan fingerprint density at radius 1 is 1.23 bits per heavy atom. The molecule has 0 fully saturated rings. The zero-order valence-corrected chi connectivity index (χ0v) is 10.4. The first-order valence-electron chi connectivity index (χ1n) is 4.80. The SMILES string of the molecule is CCC(C)OCC[Si](C)(OC)OC. The van der Waals surface area contributed by atoms with Gasteiger partial charge in [-0.3, -0.25) is 0 Å². The van der Waals surface area contributed by atoms with Crippen LogP contribution in [-0.2, 0) is 13.6 Å². The average Bonchev–Trinajstić information content (AvgIpc) is 2.17.